The van der Waals surface area contributed by atoms with E-state index in [1.165, 1.54) is 31.0 Å². The molecule has 1 N–H and O–H groups in total. The van der Waals surface area contributed by atoms with Crippen LogP contribution in [0.15, 0.2) is 47.5 Å². The van der Waals surface area contributed by atoms with Gasteiger partial charge in [-0.3, -0.25) is 4.98 Å². The Bertz CT molecular complexity index is 741. The lowest BCUT2D eigenvalue weighted by molar-refractivity contribution is 0.556. The molecule has 0 atom stereocenters. The van der Waals surface area contributed by atoms with Gasteiger partial charge in [0, 0.05) is 24.4 Å². The number of benzene rings is 1. The number of pyridine rings is 1. The first-order valence-electron chi connectivity index (χ1n) is 6.75. The summed E-state index contributed by atoms with van der Waals surface area (Å²) in [6, 6.07) is 9.08. The van der Waals surface area contributed by atoms with Crippen molar-refractivity contribution < 1.29 is 12.8 Å². The van der Waals surface area contributed by atoms with E-state index >= 15 is 0 Å². The maximum atomic E-state index is 13.5. The first kappa shape index (κ1) is 14.2. The van der Waals surface area contributed by atoms with Gasteiger partial charge in [-0.2, -0.15) is 0 Å². The van der Waals surface area contributed by atoms with Gasteiger partial charge >= 0.3 is 0 Å². The summed E-state index contributed by atoms with van der Waals surface area (Å²) in [5.74, 6) is -0.193. The van der Waals surface area contributed by atoms with Crippen molar-refractivity contribution in [3.63, 3.8) is 0 Å². The molecule has 6 heteroatoms. The molecule has 1 aromatic heterocycles. The minimum Gasteiger partial charge on any atom is -0.261 e. The van der Waals surface area contributed by atoms with Crippen LogP contribution >= 0.6 is 0 Å². The van der Waals surface area contributed by atoms with E-state index in [0.29, 0.717) is 5.92 Å². The summed E-state index contributed by atoms with van der Waals surface area (Å²) in [4.78, 5) is 3.98. The number of aromatic nitrogens is 1. The second-order valence-electron chi connectivity index (χ2n) is 5.12. The second-order valence-corrected chi connectivity index (χ2v) is 6.86. The minimum absolute atomic E-state index is 0.0919. The van der Waals surface area contributed by atoms with E-state index < -0.39 is 15.8 Å². The van der Waals surface area contributed by atoms with Gasteiger partial charge in [0.1, 0.15) is 10.7 Å². The molecule has 0 amide bonds. The van der Waals surface area contributed by atoms with Crippen LogP contribution in [0.3, 0.4) is 0 Å². The molecule has 1 aliphatic carbocycles. The number of rotatable bonds is 5. The highest BCUT2D eigenvalue weighted by atomic mass is 32.2. The molecule has 4 nitrogen and oxygen atoms in total. The number of nitrogens with zero attached hydrogens (tertiary/aromatic N) is 1. The lowest BCUT2D eigenvalue weighted by Crippen LogP contribution is -2.24. The Kier molecular flexibility index (Phi) is 3.73. The van der Waals surface area contributed by atoms with Crippen LogP contribution in [0.5, 0.6) is 0 Å². The topological polar surface area (TPSA) is 59.1 Å². The van der Waals surface area contributed by atoms with E-state index in [2.05, 4.69) is 9.71 Å². The van der Waals surface area contributed by atoms with Gasteiger partial charge in [-0.05, 0) is 36.6 Å². The van der Waals surface area contributed by atoms with Crippen LogP contribution in [-0.4, -0.2) is 13.4 Å². The fourth-order valence-electron chi connectivity index (χ4n) is 2.08. The molecule has 0 spiro atoms. The predicted octanol–water partition coefficient (Wildman–Crippen LogP) is 2.58. The number of halogens is 1. The van der Waals surface area contributed by atoms with Gasteiger partial charge in [-0.15, -0.1) is 0 Å². The maximum Gasteiger partial charge on any atom is 0.243 e. The van der Waals surface area contributed by atoms with Gasteiger partial charge in [0.15, 0.2) is 0 Å². The van der Waals surface area contributed by atoms with Gasteiger partial charge in [0.25, 0.3) is 0 Å². The molecule has 0 radical (unpaired) electrons. The first-order chi connectivity index (χ1) is 10.1. The summed E-state index contributed by atoms with van der Waals surface area (Å²) in [6.45, 7) is 0.0919. The molecular formula is C15H15FN2O2S. The third kappa shape index (κ3) is 3.28. The molecule has 0 saturated heterocycles. The largest absolute Gasteiger partial charge is 0.261 e. The van der Waals surface area contributed by atoms with Crippen LogP contribution in [0.1, 0.15) is 30.0 Å². The number of hydrogen-bond donors (Lipinski definition) is 1. The van der Waals surface area contributed by atoms with Crippen molar-refractivity contribution in [2.45, 2.75) is 30.2 Å². The van der Waals surface area contributed by atoms with Crippen molar-refractivity contribution in [1.29, 1.82) is 0 Å². The van der Waals surface area contributed by atoms with Crippen molar-refractivity contribution in [2.24, 2.45) is 0 Å². The maximum absolute atomic E-state index is 13.5. The highest BCUT2D eigenvalue weighted by molar-refractivity contribution is 7.89. The standard InChI is InChI=1S/C15H15FN2O2S/c16-13-3-1-2-4-15(13)21(19,20)18-10-11-5-8-14(17-9-11)12-6-7-12/h1-5,8-9,12,18H,6-7,10H2. The quantitative estimate of drug-likeness (QED) is 0.923. The highest BCUT2D eigenvalue weighted by Gasteiger charge is 2.24. The van der Waals surface area contributed by atoms with Gasteiger partial charge in [0.05, 0.1) is 0 Å². The molecule has 1 aromatic carbocycles. The molecule has 3 rings (SSSR count). The fraction of sp³-hybridized carbons (Fsp3) is 0.267. The summed E-state index contributed by atoms with van der Waals surface area (Å²) in [6.07, 6.45) is 4.01. The lowest BCUT2D eigenvalue weighted by Gasteiger charge is -2.08. The summed E-state index contributed by atoms with van der Waals surface area (Å²) < 4.78 is 40.0. The molecule has 1 saturated carbocycles. The number of hydrogen-bond acceptors (Lipinski definition) is 3. The third-order valence-electron chi connectivity index (χ3n) is 3.44. The third-order valence-corrected chi connectivity index (χ3v) is 4.87. The molecule has 2 aromatic rings. The Balaban J connectivity index is 1.70. The number of nitrogens with one attached hydrogen (secondary N) is 1. The molecule has 1 aliphatic rings. The van der Waals surface area contributed by atoms with E-state index in [9.17, 15) is 12.8 Å². The summed E-state index contributed by atoms with van der Waals surface area (Å²) in [5.41, 5.74) is 1.80. The number of sulfonamides is 1. The van der Waals surface area contributed by atoms with E-state index in [-0.39, 0.29) is 11.4 Å². The monoisotopic (exact) mass is 306 g/mol. The summed E-state index contributed by atoms with van der Waals surface area (Å²) in [7, 11) is -3.86. The Labute approximate surface area is 123 Å². The van der Waals surface area contributed by atoms with Gasteiger partial charge in [-0.1, -0.05) is 18.2 Å². The van der Waals surface area contributed by atoms with Crippen LogP contribution in [0, 0.1) is 5.82 Å². The Morgan fingerprint density at radius 1 is 1.19 bits per heavy atom. The first-order valence-corrected chi connectivity index (χ1v) is 8.23. The van der Waals surface area contributed by atoms with Crippen molar-refractivity contribution in [1.82, 2.24) is 9.71 Å². The Morgan fingerprint density at radius 3 is 2.57 bits per heavy atom. The van der Waals surface area contributed by atoms with Crippen molar-refractivity contribution in [2.75, 3.05) is 0 Å². The lowest BCUT2D eigenvalue weighted by atomic mass is 10.2. The van der Waals surface area contributed by atoms with Gasteiger partial charge < -0.3 is 0 Å². The predicted molar refractivity (Wildman–Crippen MR) is 76.6 cm³/mol. The average Bonchev–Trinajstić information content (AvgIpc) is 3.31. The van der Waals surface area contributed by atoms with Crippen LogP contribution in [0.2, 0.25) is 0 Å². The normalized spacial score (nSPS) is 15.1. The molecule has 0 bridgehead atoms. The van der Waals surface area contributed by atoms with Gasteiger partial charge in [0.2, 0.25) is 10.0 Å². The second kappa shape index (κ2) is 5.54. The zero-order chi connectivity index (χ0) is 14.9. The minimum atomic E-state index is -3.86. The van der Waals surface area contributed by atoms with E-state index in [4.69, 9.17) is 0 Å². The van der Waals surface area contributed by atoms with Crippen LogP contribution in [0.4, 0.5) is 4.39 Å². The molecule has 1 fully saturated rings. The molecule has 110 valence electrons. The van der Waals surface area contributed by atoms with Crippen molar-refractivity contribution in [3.05, 3.63) is 59.7 Å². The zero-order valence-corrected chi connectivity index (χ0v) is 12.1. The van der Waals surface area contributed by atoms with E-state index in [1.807, 2.05) is 12.1 Å². The molecule has 0 unspecified atom stereocenters. The molecular weight excluding hydrogens is 291 g/mol. The Hall–Kier alpha value is -1.79. The summed E-state index contributed by atoms with van der Waals surface area (Å²) >= 11 is 0. The highest BCUT2D eigenvalue weighted by Crippen LogP contribution is 2.38. The average molecular weight is 306 g/mol. The SMILES string of the molecule is O=S(=O)(NCc1ccc(C2CC2)nc1)c1ccccc1F. The van der Waals surface area contributed by atoms with Crippen LogP contribution < -0.4 is 4.72 Å². The smallest absolute Gasteiger partial charge is 0.243 e. The van der Waals surface area contributed by atoms with Crippen molar-refractivity contribution in [3.8, 4) is 0 Å². The zero-order valence-electron chi connectivity index (χ0n) is 11.3. The van der Waals surface area contributed by atoms with Crippen molar-refractivity contribution >= 4 is 10.0 Å². The molecule has 0 aliphatic heterocycles. The van der Waals surface area contributed by atoms with Crippen LogP contribution in [-0.2, 0) is 16.6 Å². The van der Waals surface area contributed by atoms with E-state index in [0.717, 1.165) is 17.3 Å². The van der Waals surface area contributed by atoms with Crippen LogP contribution in [0.25, 0.3) is 0 Å². The van der Waals surface area contributed by atoms with E-state index in [1.54, 1.807) is 6.20 Å². The fourth-order valence-corrected chi connectivity index (χ4v) is 3.17. The molecule has 21 heavy (non-hydrogen) atoms. The molecule has 1 heterocycles. The van der Waals surface area contributed by atoms with Gasteiger partial charge in [-0.25, -0.2) is 17.5 Å². The summed E-state index contributed by atoms with van der Waals surface area (Å²) in [5, 5.41) is 0. The Morgan fingerprint density at radius 2 is 1.95 bits per heavy atom.